The summed E-state index contributed by atoms with van der Waals surface area (Å²) >= 11 is 0. The van der Waals surface area contributed by atoms with Gasteiger partial charge in [0.05, 0.1) is 12.7 Å². The zero-order chi connectivity index (χ0) is 13.5. The molecule has 1 saturated carbocycles. The van der Waals surface area contributed by atoms with Crippen molar-refractivity contribution >= 4 is 0 Å². The van der Waals surface area contributed by atoms with Crippen LogP contribution in [-0.2, 0) is 11.3 Å². The van der Waals surface area contributed by atoms with E-state index < -0.39 is 6.10 Å². The van der Waals surface area contributed by atoms with Crippen molar-refractivity contribution < 1.29 is 14.6 Å². The van der Waals surface area contributed by atoms with Crippen LogP contribution in [-0.4, -0.2) is 30.5 Å². The van der Waals surface area contributed by atoms with E-state index in [1.54, 1.807) is 0 Å². The first-order valence-corrected chi connectivity index (χ1v) is 7.00. The summed E-state index contributed by atoms with van der Waals surface area (Å²) in [7, 11) is 0. The van der Waals surface area contributed by atoms with Gasteiger partial charge in [0.1, 0.15) is 18.5 Å². The van der Waals surface area contributed by atoms with Crippen LogP contribution in [0.3, 0.4) is 0 Å². The highest BCUT2D eigenvalue weighted by Gasteiger charge is 2.16. The van der Waals surface area contributed by atoms with Crippen LogP contribution in [0.5, 0.6) is 5.75 Å². The van der Waals surface area contributed by atoms with Gasteiger partial charge in [0.15, 0.2) is 0 Å². The third-order valence-corrected chi connectivity index (χ3v) is 3.45. The predicted octanol–water partition coefficient (Wildman–Crippen LogP) is 1.84. The number of nitrogens with two attached hydrogens (primary N) is 1. The first-order chi connectivity index (χ1) is 9.29. The lowest BCUT2D eigenvalue weighted by atomic mass is 10.2. The van der Waals surface area contributed by atoms with Gasteiger partial charge in [0.2, 0.25) is 0 Å². The summed E-state index contributed by atoms with van der Waals surface area (Å²) in [5, 5.41) is 9.43. The molecule has 4 heteroatoms. The molecule has 1 atom stereocenters. The van der Waals surface area contributed by atoms with Crippen molar-refractivity contribution in [2.75, 3.05) is 13.2 Å². The van der Waals surface area contributed by atoms with Crippen LogP contribution in [0.4, 0.5) is 0 Å². The summed E-state index contributed by atoms with van der Waals surface area (Å²) in [5.74, 6) is 0.771. The minimum absolute atomic E-state index is 0.209. The quantitative estimate of drug-likeness (QED) is 0.789. The van der Waals surface area contributed by atoms with E-state index >= 15 is 0 Å². The minimum Gasteiger partial charge on any atom is -0.490 e. The molecule has 0 spiro atoms. The molecule has 1 aromatic rings. The number of rotatable bonds is 7. The Morgan fingerprint density at radius 1 is 1.26 bits per heavy atom. The zero-order valence-electron chi connectivity index (χ0n) is 11.3. The molecule has 19 heavy (non-hydrogen) atoms. The monoisotopic (exact) mass is 265 g/mol. The lowest BCUT2D eigenvalue weighted by molar-refractivity contribution is 0.0432. The van der Waals surface area contributed by atoms with Crippen molar-refractivity contribution in [3.05, 3.63) is 29.8 Å². The third-order valence-electron chi connectivity index (χ3n) is 3.45. The fourth-order valence-electron chi connectivity index (χ4n) is 2.28. The molecule has 1 aliphatic rings. The molecule has 4 nitrogen and oxygen atoms in total. The first-order valence-electron chi connectivity index (χ1n) is 7.00. The molecule has 0 saturated heterocycles. The molecule has 1 aliphatic carbocycles. The summed E-state index contributed by atoms with van der Waals surface area (Å²) in [6.07, 6.45) is 4.63. The van der Waals surface area contributed by atoms with E-state index in [0.29, 0.717) is 12.7 Å². The fourth-order valence-corrected chi connectivity index (χ4v) is 2.28. The average Bonchev–Trinajstić information content (AvgIpc) is 2.96. The Hall–Kier alpha value is -1.10. The number of hydrogen-bond acceptors (Lipinski definition) is 4. The largest absolute Gasteiger partial charge is 0.490 e. The first kappa shape index (κ1) is 14.3. The smallest absolute Gasteiger partial charge is 0.124 e. The van der Waals surface area contributed by atoms with Crippen LogP contribution in [0.1, 0.15) is 31.2 Å². The molecule has 2 rings (SSSR count). The molecule has 1 aromatic carbocycles. The molecule has 0 bridgehead atoms. The van der Waals surface area contributed by atoms with E-state index in [2.05, 4.69) is 0 Å². The minimum atomic E-state index is -0.621. The number of hydrogen-bond donors (Lipinski definition) is 2. The molecule has 3 N–H and O–H groups in total. The summed E-state index contributed by atoms with van der Waals surface area (Å²) < 4.78 is 11.5. The maximum absolute atomic E-state index is 9.43. The fraction of sp³-hybridized carbons (Fsp3) is 0.600. The van der Waals surface area contributed by atoms with Crippen LogP contribution in [0.25, 0.3) is 0 Å². The Kier molecular flexibility index (Phi) is 5.63. The van der Waals surface area contributed by atoms with Gasteiger partial charge in [0.25, 0.3) is 0 Å². The van der Waals surface area contributed by atoms with E-state index in [9.17, 15) is 5.11 Å². The molecule has 0 amide bonds. The molecule has 0 aliphatic heterocycles. The average molecular weight is 265 g/mol. The Morgan fingerprint density at radius 2 is 2.00 bits per heavy atom. The van der Waals surface area contributed by atoms with Crippen molar-refractivity contribution in [2.45, 2.75) is 44.5 Å². The Morgan fingerprint density at radius 3 is 2.74 bits per heavy atom. The van der Waals surface area contributed by atoms with Gasteiger partial charge in [-0.15, -0.1) is 0 Å². The maximum Gasteiger partial charge on any atom is 0.124 e. The molecular weight excluding hydrogens is 242 g/mol. The molecule has 106 valence electrons. The standard InChI is InChI=1S/C15H23NO3/c16-9-13(17)11-19-15-8-4-1-5-12(15)10-18-14-6-2-3-7-14/h1,4-5,8,13-14,17H,2-3,6-7,9-11,16H2. The van der Waals surface area contributed by atoms with E-state index in [1.807, 2.05) is 24.3 Å². The van der Waals surface area contributed by atoms with E-state index in [1.165, 1.54) is 12.8 Å². The number of ether oxygens (including phenoxy) is 2. The second kappa shape index (κ2) is 7.48. The van der Waals surface area contributed by atoms with Crippen LogP contribution >= 0.6 is 0 Å². The summed E-state index contributed by atoms with van der Waals surface area (Å²) in [6, 6.07) is 7.79. The Bertz CT molecular complexity index is 377. The normalized spacial score (nSPS) is 17.6. The highest BCUT2D eigenvalue weighted by atomic mass is 16.5. The van der Waals surface area contributed by atoms with Crippen LogP contribution in [0.2, 0.25) is 0 Å². The second-order valence-corrected chi connectivity index (χ2v) is 5.03. The van der Waals surface area contributed by atoms with Crippen molar-refractivity contribution in [3.63, 3.8) is 0 Å². The van der Waals surface area contributed by atoms with Gasteiger partial charge in [-0.2, -0.15) is 0 Å². The number of aliphatic hydroxyl groups excluding tert-OH is 1. The van der Waals surface area contributed by atoms with Gasteiger partial charge in [-0.3, -0.25) is 0 Å². The second-order valence-electron chi connectivity index (χ2n) is 5.03. The summed E-state index contributed by atoms with van der Waals surface area (Å²) in [5.41, 5.74) is 6.39. The van der Waals surface area contributed by atoms with Crippen molar-refractivity contribution in [3.8, 4) is 5.75 Å². The molecular formula is C15H23NO3. The number of benzene rings is 1. The molecule has 1 unspecified atom stereocenters. The van der Waals surface area contributed by atoms with Gasteiger partial charge in [-0.1, -0.05) is 31.0 Å². The predicted molar refractivity (Wildman–Crippen MR) is 74.0 cm³/mol. The number of para-hydroxylation sites is 1. The summed E-state index contributed by atoms with van der Waals surface area (Å²) in [4.78, 5) is 0. The van der Waals surface area contributed by atoms with Crippen molar-refractivity contribution in [1.29, 1.82) is 0 Å². The lowest BCUT2D eigenvalue weighted by Gasteiger charge is -2.16. The van der Waals surface area contributed by atoms with Gasteiger partial charge in [-0.25, -0.2) is 0 Å². The van der Waals surface area contributed by atoms with E-state index in [0.717, 1.165) is 24.2 Å². The zero-order valence-corrected chi connectivity index (χ0v) is 11.3. The van der Waals surface area contributed by atoms with Gasteiger partial charge >= 0.3 is 0 Å². The topological polar surface area (TPSA) is 64.7 Å². The highest BCUT2D eigenvalue weighted by Crippen LogP contribution is 2.25. The molecule has 0 aromatic heterocycles. The van der Waals surface area contributed by atoms with E-state index in [-0.39, 0.29) is 13.2 Å². The molecule has 1 fully saturated rings. The SMILES string of the molecule is NCC(O)COc1ccccc1COC1CCCC1. The Labute approximate surface area is 114 Å². The number of aliphatic hydroxyl groups is 1. The van der Waals surface area contributed by atoms with Gasteiger partial charge in [-0.05, 0) is 18.9 Å². The summed E-state index contributed by atoms with van der Waals surface area (Å²) in [6.45, 7) is 0.997. The van der Waals surface area contributed by atoms with Gasteiger partial charge < -0.3 is 20.3 Å². The van der Waals surface area contributed by atoms with Crippen LogP contribution in [0.15, 0.2) is 24.3 Å². The van der Waals surface area contributed by atoms with Crippen LogP contribution < -0.4 is 10.5 Å². The highest BCUT2D eigenvalue weighted by molar-refractivity contribution is 5.32. The van der Waals surface area contributed by atoms with Crippen LogP contribution in [0, 0.1) is 0 Å². The Balaban J connectivity index is 1.87. The van der Waals surface area contributed by atoms with E-state index in [4.69, 9.17) is 15.2 Å². The maximum atomic E-state index is 9.43. The lowest BCUT2D eigenvalue weighted by Crippen LogP contribution is -2.26. The van der Waals surface area contributed by atoms with Crippen molar-refractivity contribution in [2.24, 2.45) is 5.73 Å². The van der Waals surface area contributed by atoms with Gasteiger partial charge in [0, 0.05) is 12.1 Å². The molecule has 0 radical (unpaired) electrons. The third kappa shape index (κ3) is 4.49. The van der Waals surface area contributed by atoms with Crippen molar-refractivity contribution in [1.82, 2.24) is 0 Å². The molecule has 0 heterocycles.